The van der Waals surface area contributed by atoms with Crippen molar-refractivity contribution < 1.29 is 9.90 Å². The maximum atomic E-state index is 10.5. The monoisotopic (exact) mass is 394 g/mol. The van der Waals surface area contributed by atoms with Gasteiger partial charge in [-0.15, -0.1) is 0 Å². The number of allylic oxidation sites excluding steroid dienone is 3. The highest BCUT2D eigenvalue weighted by molar-refractivity contribution is 5.88. The Balaban J connectivity index is 0.000000140. The van der Waals surface area contributed by atoms with Crippen LogP contribution in [0.4, 0.5) is 0 Å². The van der Waals surface area contributed by atoms with Gasteiger partial charge < -0.3 is 5.11 Å². The molecule has 2 heteroatoms. The van der Waals surface area contributed by atoms with Crippen molar-refractivity contribution in [3.05, 3.63) is 23.8 Å². The lowest BCUT2D eigenvalue weighted by Gasteiger charge is -2.66. The normalized spacial score (nSPS) is 52.6. The first-order valence-corrected chi connectivity index (χ1v) is 12.7. The highest BCUT2D eigenvalue weighted by Gasteiger charge is 2.65. The first kappa shape index (κ1) is 18.7. The van der Waals surface area contributed by atoms with E-state index in [1.165, 1.54) is 32.1 Å². The Kier molecular flexibility index (Phi) is 4.17. The number of aliphatic carboxylic acids is 1. The lowest BCUT2D eigenvalue weighted by molar-refractivity contribution is -0.165. The second-order valence-electron chi connectivity index (χ2n) is 11.9. The molecule has 6 fully saturated rings. The molecule has 158 valence electrons. The Morgan fingerprint density at radius 3 is 2.10 bits per heavy atom. The van der Waals surface area contributed by atoms with Crippen molar-refractivity contribution in [1.82, 2.24) is 0 Å². The van der Waals surface area contributed by atoms with Crippen LogP contribution in [0.1, 0.15) is 84.0 Å². The van der Waals surface area contributed by atoms with E-state index in [4.69, 9.17) is 5.11 Å². The van der Waals surface area contributed by atoms with Crippen molar-refractivity contribution in [3.8, 4) is 0 Å². The van der Waals surface area contributed by atoms with Crippen LogP contribution < -0.4 is 0 Å². The molecule has 0 saturated heterocycles. The predicted molar refractivity (Wildman–Crippen MR) is 115 cm³/mol. The number of rotatable bonds is 3. The van der Waals surface area contributed by atoms with Gasteiger partial charge in [0.2, 0.25) is 0 Å². The molecule has 0 amide bonds. The van der Waals surface area contributed by atoms with Gasteiger partial charge in [0, 0.05) is 5.57 Å². The molecule has 2 nitrogen and oxygen atoms in total. The molecule has 4 atom stereocenters. The maximum Gasteiger partial charge on any atom is 0.331 e. The molecular weight excluding hydrogens is 356 g/mol. The molecule has 0 spiro atoms. The summed E-state index contributed by atoms with van der Waals surface area (Å²) < 4.78 is 0. The SMILES string of the molecule is CCC1(C23C=CC(CC2)C3)C2CC3CC(C2)CC1C3.O=C(O)C1=CC2CCC1C2. The Bertz CT molecular complexity index is 732. The zero-order valence-corrected chi connectivity index (χ0v) is 18.1. The molecule has 0 radical (unpaired) electrons. The zero-order chi connectivity index (χ0) is 19.8. The van der Waals surface area contributed by atoms with Crippen LogP contribution in [0.3, 0.4) is 0 Å². The smallest absolute Gasteiger partial charge is 0.331 e. The summed E-state index contributed by atoms with van der Waals surface area (Å²) in [6, 6.07) is 0. The molecule has 8 bridgehead atoms. The van der Waals surface area contributed by atoms with E-state index in [0.29, 0.717) is 22.8 Å². The molecule has 8 aliphatic carbocycles. The summed E-state index contributed by atoms with van der Waals surface area (Å²) in [5.41, 5.74) is 2.05. The van der Waals surface area contributed by atoms with Gasteiger partial charge in [-0.3, -0.25) is 0 Å². The fourth-order valence-corrected chi connectivity index (χ4v) is 10.2. The summed E-state index contributed by atoms with van der Waals surface area (Å²) in [5.74, 6) is 5.68. The highest BCUT2D eigenvalue weighted by Crippen LogP contribution is 2.74. The van der Waals surface area contributed by atoms with Crippen LogP contribution in [-0.2, 0) is 4.79 Å². The van der Waals surface area contributed by atoms with E-state index < -0.39 is 5.97 Å². The van der Waals surface area contributed by atoms with Crippen LogP contribution in [0.15, 0.2) is 23.8 Å². The number of carboxylic acid groups (broad SMARTS) is 1. The number of fused-ring (bicyclic) bond motifs is 5. The summed E-state index contributed by atoms with van der Waals surface area (Å²) in [4.78, 5) is 10.5. The van der Waals surface area contributed by atoms with Crippen LogP contribution in [0, 0.1) is 52.3 Å². The lowest BCUT2D eigenvalue weighted by Crippen LogP contribution is -2.59. The van der Waals surface area contributed by atoms with E-state index in [1.807, 2.05) is 6.08 Å². The van der Waals surface area contributed by atoms with E-state index in [9.17, 15) is 4.79 Å². The average molecular weight is 395 g/mol. The van der Waals surface area contributed by atoms with Crippen molar-refractivity contribution in [2.45, 2.75) is 84.0 Å². The molecule has 0 aliphatic heterocycles. The number of hydrogen-bond acceptors (Lipinski definition) is 1. The van der Waals surface area contributed by atoms with E-state index in [2.05, 4.69) is 19.1 Å². The third-order valence-corrected chi connectivity index (χ3v) is 11.0. The summed E-state index contributed by atoms with van der Waals surface area (Å²) in [6.45, 7) is 2.54. The van der Waals surface area contributed by atoms with Gasteiger partial charge in [-0.25, -0.2) is 4.79 Å². The van der Waals surface area contributed by atoms with Crippen LogP contribution in [0.2, 0.25) is 0 Å². The molecule has 8 rings (SSSR count). The molecule has 0 aromatic heterocycles. The average Bonchev–Trinajstić information content (AvgIpc) is 3.50. The standard InChI is InChI=1S/C19H28.C8H10O2/c1-2-19(18-5-3-13(12-18)4-6-18)16-8-14-7-15(10-16)11-17(19)9-14;9-8(10)7-4-5-1-2-6(7)3-5/h3,5,13-17H,2,4,6-12H2,1H3;4-6H,1-3H2,(H,9,10). The number of hydrogen-bond donors (Lipinski definition) is 1. The quantitative estimate of drug-likeness (QED) is 0.546. The van der Waals surface area contributed by atoms with Gasteiger partial charge in [0.1, 0.15) is 0 Å². The van der Waals surface area contributed by atoms with Crippen LogP contribution in [-0.4, -0.2) is 11.1 Å². The maximum absolute atomic E-state index is 10.5. The Morgan fingerprint density at radius 1 is 1.00 bits per heavy atom. The molecule has 6 saturated carbocycles. The molecule has 0 aromatic rings. The van der Waals surface area contributed by atoms with Crippen molar-refractivity contribution in [1.29, 1.82) is 0 Å². The lowest BCUT2D eigenvalue weighted by atomic mass is 9.38. The number of carbonyl (C=O) groups is 1. The largest absolute Gasteiger partial charge is 0.478 e. The van der Waals surface area contributed by atoms with Gasteiger partial charge in [0.15, 0.2) is 0 Å². The summed E-state index contributed by atoms with van der Waals surface area (Å²) >= 11 is 0. The zero-order valence-electron chi connectivity index (χ0n) is 18.1. The molecule has 1 N–H and O–H groups in total. The van der Waals surface area contributed by atoms with Gasteiger partial charge in [-0.2, -0.15) is 0 Å². The minimum Gasteiger partial charge on any atom is -0.478 e. The Labute approximate surface area is 176 Å². The van der Waals surface area contributed by atoms with Crippen LogP contribution in [0.25, 0.3) is 0 Å². The van der Waals surface area contributed by atoms with Gasteiger partial charge in [0.05, 0.1) is 0 Å². The minimum absolute atomic E-state index is 0.391. The van der Waals surface area contributed by atoms with Crippen molar-refractivity contribution >= 4 is 5.97 Å². The first-order valence-electron chi connectivity index (χ1n) is 12.7. The molecule has 29 heavy (non-hydrogen) atoms. The second kappa shape index (κ2) is 6.47. The van der Waals surface area contributed by atoms with Gasteiger partial charge in [-0.05, 0) is 129 Å². The highest BCUT2D eigenvalue weighted by atomic mass is 16.4. The van der Waals surface area contributed by atoms with Crippen molar-refractivity contribution in [3.63, 3.8) is 0 Å². The Morgan fingerprint density at radius 2 is 1.72 bits per heavy atom. The van der Waals surface area contributed by atoms with Crippen molar-refractivity contribution in [2.24, 2.45) is 52.3 Å². The second-order valence-corrected chi connectivity index (χ2v) is 11.9. The minimum atomic E-state index is -0.702. The fourth-order valence-electron chi connectivity index (χ4n) is 10.2. The first-order chi connectivity index (χ1) is 14.0. The molecule has 0 aromatic carbocycles. The summed E-state index contributed by atoms with van der Waals surface area (Å²) in [5, 5.41) is 8.67. The van der Waals surface area contributed by atoms with Crippen LogP contribution in [0.5, 0.6) is 0 Å². The van der Waals surface area contributed by atoms with Crippen molar-refractivity contribution in [2.75, 3.05) is 0 Å². The molecule has 0 heterocycles. The summed E-state index contributed by atoms with van der Waals surface area (Å²) in [7, 11) is 0. The van der Waals surface area contributed by atoms with E-state index >= 15 is 0 Å². The third-order valence-electron chi connectivity index (χ3n) is 11.0. The number of carboxylic acids is 1. The van der Waals surface area contributed by atoms with Gasteiger partial charge >= 0.3 is 5.97 Å². The Hall–Kier alpha value is -1.05. The van der Waals surface area contributed by atoms with E-state index in [-0.39, 0.29) is 0 Å². The van der Waals surface area contributed by atoms with E-state index in [1.54, 1.807) is 32.1 Å². The van der Waals surface area contributed by atoms with Gasteiger partial charge in [0.25, 0.3) is 0 Å². The molecule has 8 aliphatic rings. The van der Waals surface area contributed by atoms with Crippen LogP contribution >= 0.6 is 0 Å². The molecular formula is C27H38O2. The predicted octanol–water partition coefficient (Wildman–Crippen LogP) is 6.62. The molecule has 4 unspecified atom stereocenters. The summed E-state index contributed by atoms with van der Waals surface area (Å²) in [6.07, 6.45) is 24.7. The fraction of sp³-hybridized carbons (Fsp3) is 0.815. The van der Waals surface area contributed by atoms with Gasteiger partial charge in [-0.1, -0.05) is 25.2 Å². The topological polar surface area (TPSA) is 37.3 Å². The van der Waals surface area contributed by atoms with E-state index in [0.717, 1.165) is 47.8 Å². The third kappa shape index (κ3) is 2.56.